The molecule has 0 amide bonds. The molecule has 2 heterocycles. The van der Waals surface area contributed by atoms with Gasteiger partial charge in [-0.1, -0.05) is 12.8 Å². The first kappa shape index (κ1) is 12.8. The third-order valence-corrected chi connectivity index (χ3v) is 4.11. The van der Waals surface area contributed by atoms with Gasteiger partial charge in [0.1, 0.15) is 0 Å². The number of nitrogens with zero attached hydrogens (tertiary/aromatic N) is 3. The van der Waals surface area contributed by atoms with E-state index in [1.54, 1.807) is 0 Å². The Bertz CT molecular complexity index is 404. The van der Waals surface area contributed by atoms with Gasteiger partial charge in [0.25, 0.3) is 0 Å². The summed E-state index contributed by atoms with van der Waals surface area (Å²) >= 11 is 0. The van der Waals surface area contributed by atoms with Gasteiger partial charge in [-0.2, -0.15) is 0 Å². The molecule has 0 bridgehead atoms. The second kappa shape index (κ2) is 5.84. The van der Waals surface area contributed by atoms with Crippen LogP contribution >= 0.6 is 0 Å². The van der Waals surface area contributed by atoms with Gasteiger partial charge in [-0.15, -0.1) is 0 Å². The van der Waals surface area contributed by atoms with Crippen molar-refractivity contribution < 1.29 is 9.84 Å². The number of aromatic nitrogens is 2. The van der Waals surface area contributed by atoms with Crippen LogP contribution in [0.3, 0.4) is 0 Å². The molecule has 3 rings (SSSR count). The maximum absolute atomic E-state index is 9.15. The molecule has 1 saturated heterocycles. The molecule has 1 atom stereocenters. The minimum Gasteiger partial charge on any atom is -0.394 e. The SMILES string of the molecule is OCC1CN(c2ncc(C3CCCC3)cn2)CCO1. The van der Waals surface area contributed by atoms with E-state index in [-0.39, 0.29) is 12.7 Å². The second-order valence-corrected chi connectivity index (χ2v) is 5.42. The summed E-state index contributed by atoms with van der Waals surface area (Å²) in [5.74, 6) is 1.41. The standard InChI is InChI=1S/C14H21N3O2/c18-10-13-9-17(5-6-19-13)14-15-7-12(8-16-14)11-3-1-2-4-11/h7-8,11,13,18H,1-6,9-10H2. The number of anilines is 1. The molecule has 5 nitrogen and oxygen atoms in total. The Balaban J connectivity index is 1.67. The van der Waals surface area contributed by atoms with Crippen LogP contribution < -0.4 is 4.90 Å². The maximum atomic E-state index is 9.15. The predicted molar refractivity (Wildman–Crippen MR) is 72.3 cm³/mol. The van der Waals surface area contributed by atoms with Gasteiger partial charge in [0.15, 0.2) is 0 Å². The second-order valence-electron chi connectivity index (χ2n) is 5.42. The summed E-state index contributed by atoms with van der Waals surface area (Å²) in [6.45, 7) is 2.13. The third kappa shape index (κ3) is 2.87. The van der Waals surface area contributed by atoms with Crippen molar-refractivity contribution in [1.82, 2.24) is 9.97 Å². The van der Waals surface area contributed by atoms with Crippen molar-refractivity contribution in [3.8, 4) is 0 Å². The normalized spacial score (nSPS) is 24.9. The average Bonchev–Trinajstić information content (AvgIpc) is 3.02. The quantitative estimate of drug-likeness (QED) is 0.891. The summed E-state index contributed by atoms with van der Waals surface area (Å²) in [5.41, 5.74) is 1.27. The summed E-state index contributed by atoms with van der Waals surface area (Å²) < 4.78 is 5.44. The lowest BCUT2D eigenvalue weighted by molar-refractivity contribution is 0.00313. The topological polar surface area (TPSA) is 58.5 Å². The molecular weight excluding hydrogens is 242 g/mol. The Labute approximate surface area is 113 Å². The number of hydrogen-bond donors (Lipinski definition) is 1. The van der Waals surface area contributed by atoms with Gasteiger partial charge in [0, 0.05) is 25.5 Å². The van der Waals surface area contributed by atoms with Crippen molar-refractivity contribution in [3.63, 3.8) is 0 Å². The molecule has 5 heteroatoms. The zero-order valence-electron chi connectivity index (χ0n) is 11.2. The van der Waals surface area contributed by atoms with Crippen molar-refractivity contribution in [2.75, 3.05) is 31.2 Å². The molecular formula is C14H21N3O2. The molecule has 1 aliphatic heterocycles. The number of hydrogen-bond acceptors (Lipinski definition) is 5. The van der Waals surface area contributed by atoms with Crippen LogP contribution in [0.5, 0.6) is 0 Å². The van der Waals surface area contributed by atoms with Gasteiger partial charge in [0.2, 0.25) is 5.95 Å². The fraction of sp³-hybridized carbons (Fsp3) is 0.714. The molecule has 0 aromatic carbocycles. The van der Waals surface area contributed by atoms with E-state index in [1.165, 1.54) is 31.2 Å². The van der Waals surface area contributed by atoms with Crippen LogP contribution in [0.2, 0.25) is 0 Å². The van der Waals surface area contributed by atoms with E-state index in [0.29, 0.717) is 19.1 Å². The maximum Gasteiger partial charge on any atom is 0.225 e. The van der Waals surface area contributed by atoms with Gasteiger partial charge >= 0.3 is 0 Å². The molecule has 2 aliphatic rings. The molecule has 1 aromatic rings. The zero-order chi connectivity index (χ0) is 13.1. The monoisotopic (exact) mass is 263 g/mol. The highest BCUT2D eigenvalue weighted by Gasteiger charge is 2.22. The largest absolute Gasteiger partial charge is 0.394 e. The highest BCUT2D eigenvalue weighted by molar-refractivity contribution is 5.31. The number of rotatable bonds is 3. The minimum atomic E-state index is -0.119. The van der Waals surface area contributed by atoms with E-state index in [9.17, 15) is 0 Å². The van der Waals surface area contributed by atoms with Crippen LogP contribution in [-0.2, 0) is 4.74 Å². The van der Waals surface area contributed by atoms with Crippen LogP contribution in [0.1, 0.15) is 37.2 Å². The number of aliphatic hydroxyl groups is 1. The van der Waals surface area contributed by atoms with Crippen molar-refractivity contribution in [1.29, 1.82) is 0 Å². The van der Waals surface area contributed by atoms with Gasteiger partial charge in [0.05, 0.1) is 19.3 Å². The highest BCUT2D eigenvalue weighted by atomic mass is 16.5. The summed E-state index contributed by atoms with van der Waals surface area (Å²) in [4.78, 5) is 11.1. The smallest absolute Gasteiger partial charge is 0.225 e. The van der Waals surface area contributed by atoms with Crippen LogP contribution in [0.15, 0.2) is 12.4 Å². The lowest BCUT2D eigenvalue weighted by Crippen LogP contribution is -2.44. The first-order valence-electron chi connectivity index (χ1n) is 7.16. The van der Waals surface area contributed by atoms with Crippen LogP contribution in [0.4, 0.5) is 5.95 Å². The Kier molecular flexibility index (Phi) is 3.94. The third-order valence-electron chi connectivity index (χ3n) is 4.11. The van der Waals surface area contributed by atoms with Gasteiger partial charge in [-0.3, -0.25) is 0 Å². The van der Waals surface area contributed by atoms with E-state index in [4.69, 9.17) is 9.84 Å². The van der Waals surface area contributed by atoms with Crippen molar-refractivity contribution >= 4 is 5.95 Å². The first-order chi connectivity index (χ1) is 9.36. The van der Waals surface area contributed by atoms with E-state index >= 15 is 0 Å². The first-order valence-corrected chi connectivity index (χ1v) is 7.16. The lowest BCUT2D eigenvalue weighted by atomic mass is 10.0. The van der Waals surface area contributed by atoms with E-state index in [1.807, 2.05) is 12.4 Å². The van der Waals surface area contributed by atoms with Crippen molar-refractivity contribution in [2.24, 2.45) is 0 Å². The Morgan fingerprint density at radius 1 is 1.26 bits per heavy atom. The molecule has 0 spiro atoms. The Hall–Kier alpha value is -1.20. The fourth-order valence-electron chi connectivity index (χ4n) is 2.98. The van der Waals surface area contributed by atoms with Gasteiger partial charge in [-0.25, -0.2) is 9.97 Å². The molecule has 0 radical (unpaired) electrons. The molecule has 104 valence electrons. The van der Waals surface area contributed by atoms with Crippen LogP contribution in [0, 0.1) is 0 Å². The number of ether oxygens (including phenoxy) is 1. The molecule has 2 fully saturated rings. The van der Waals surface area contributed by atoms with E-state index in [0.717, 1.165) is 12.5 Å². The number of morpholine rings is 1. The van der Waals surface area contributed by atoms with Crippen LogP contribution in [-0.4, -0.2) is 47.5 Å². The highest BCUT2D eigenvalue weighted by Crippen LogP contribution is 2.33. The van der Waals surface area contributed by atoms with E-state index in [2.05, 4.69) is 14.9 Å². The van der Waals surface area contributed by atoms with Gasteiger partial charge in [-0.05, 0) is 24.3 Å². The summed E-state index contributed by atoms with van der Waals surface area (Å²) in [5, 5.41) is 9.15. The summed E-state index contributed by atoms with van der Waals surface area (Å²) in [6, 6.07) is 0. The number of aliphatic hydroxyl groups excluding tert-OH is 1. The molecule has 1 N–H and O–H groups in total. The predicted octanol–water partition coefficient (Wildman–Crippen LogP) is 1.33. The molecule has 19 heavy (non-hydrogen) atoms. The molecule has 1 saturated carbocycles. The molecule has 1 aliphatic carbocycles. The minimum absolute atomic E-state index is 0.0522. The van der Waals surface area contributed by atoms with Crippen molar-refractivity contribution in [3.05, 3.63) is 18.0 Å². The lowest BCUT2D eigenvalue weighted by Gasteiger charge is -2.32. The molecule has 1 aromatic heterocycles. The van der Waals surface area contributed by atoms with Gasteiger partial charge < -0.3 is 14.7 Å². The summed E-state index contributed by atoms with van der Waals surface area (Å²) in [7, 11) is 0. The average molecular weight is 263 g/mol. The Morgan fingerprint density at radius 3 is 2.68 bits per heavy atom. The zero-order valence-corrected chi connectivity index (χ0v) is 11.2. The molecule has 1 unspecified atom stereocenters. The van der Waals surface area contributed by atoms with Crippen LogP contribution in [0.25, 0.3) is 0 Å². The fourth-order valence-corrected chi connectivity index (χ4v) is 2.98. The van der Waals surface area contributed by atoms with Crippen molar-refractivity contribution in [2.45, 2.75) is 37.7 Å². The Morgan fingerprint density at radius 2 is 2.00 bits per heavy atom. The van der Waals surface area contributed by atoms with E-state index < -0.39 is 0 Å². The summed E-state index contributed by atoms with van der Waals surface area (Å²) in [6.07, 6.45) is 9.03.